The minimum absolute atomic E-state index is 0.0371. The summed E-state index contributed by atoms with van der Waals surface area (Å²) in [6, 6.07) is 7.68. The highest BCUT2D eigenvalue weighted by atomic mass is 35.5. The number of likely N-dealkylation sites (tertiary alicyclic amines) is 1. The number of urea groups is 1. The Bertz CT molecular complexity index is 687. The molecule has 1 N–H and O–H groups in total. The summed E-state index contributed by atoms with van der Waals surface area (Å²) in [5, 5.41) is 11.6. The molecule has 3 rings (SSSR count). The van der Waals surface area contributed by atoms with E-state index in [0.717, 1.165) is 37.2 Å². The molecule has 1 unspecified atom stereocenters. The van der Waals surface area contributed by atoms with Crippen LogP contribution < -0.4 is 5.32 Å². The normalized spacial score (nSPS) is 17.5. The Morgan fingerprint density at radius 2 is 2.26 bits per heavy atom. The Kier molecular flexibility index (Phi) is 4.81. The van der Waals surface area contributed by atoms with Crippen LogP contribution in [0.25, 0.3) is 0 Å². The predicted octanol–water partition coefficient (Wildman–Crippen LogP) is 3.00. The number of benzene rings is 1. The Hall–Kier alpha value is -2.08. The molecular weight excluding hydrogens is 314 g/mol. The highest BCUT2D eigenvalue weighted by Gasteiger charge is 2.31. The molecule has 122 valence electrons. The van der Waals surface area contributed by atoms with Gasteiger partial charge in [0.15, 0.2) is 0 Å². The van der Waals surface area contributed by atoms with Crippen LogP contribution in [0, 0.1) is 0 Å². The maximum Gasteiger partial charge on any atom is 0.318 e. The summed E-state index contributed by atoms with van der Waals surface area (Å²) in [4.78, 5) is 14.4. The number of aromatic nitrogens is 3. The fourth-order valence-electron chi connectivity index (χ4n) is 2.92. The summed E-state index contributed by atoms with van der Waals surface area (Å²) >= 11 is 6.29. The standard InChI is InChI=1S/C16H20ClN5O/c1-2-21-11-12(19-20-21)10-18-16(23)22-9-5-8-15(22)13-6-3-4-7-14(13)17/h3-4,6-7,11,15H,2,5,8-10H2,1H3,(H,18,23). The van der Waals surface area contributed by atoms with Gasteiger partial charge in [-0.15, -0.1) is 5.10 Å². The summed E-state index contributed by atoms with van der Waals surface area (Å²) in [5.74, 6) is 0. The fourth-order valence-corrected chi connectivity index (χ4v) is 3.18. The van der Waals surface area contributed by atoms with Crippen molar-refractivity contribution in [3.8, 4) is 0 Å². The monoisotopic (exact) mass is 333 g/mol. The lowest BCUT2D eigenvalue weighted by atomic mass is 10.0. The van der Waals surface area contributed by atoms with Gasteiger partial charge in [0.2, 0.25) is 0 Å². The number of nitrogens with zero attached hydrogens (tertiary/aromatic N) is 4. The molecule has 0 radical (unpaired) electrons. The van der Waals surface area contributed by atoms with Gasteiger partial charge in [0.25, 0.3) is 0 Å². The van der Waals surface area contributed by atoms with E-state index >= 15 is 0 Å². The molecule has 1 aliphatic rings. The van der Waals surface area contributed by atoms with Gasteiger partial charge in [-0.3, -0.25) is 4.68 Å². The van der Waals surface area contributed by atoms with Crippen molar-refractivity contribution >= 4 is 17.6 Å². The second-order valence-electron chi connectivity index (χ2n) is 5.60. The molecular formula is C16H20ClN5O. The molecule has 23 heavy (non-hydrogen) atoms. The van der Waals surface area contributed by atoms with Gasteiger partial charge in [-0.2, -0.15) is 0 Å². The summed E-state index contributed by atoms with van der Waals surface area (Å²) in [7, 11) is 0. The highest BCUT2D eigenvalue weighted by molar-refractivity contribution is 6.31. The van der Waals surface area contributed by atoms with E-state index in [0.29, 0.717) is 11.6 Å². The number of carbonyl (C=O) groups is 1. The van der Waals surface area contributed by atoms with Crippen LogP contribution >= 0.6 is 11.6 Å². The van der Waals surface area contributed by atoms with Crippen LogP contribution in [0.4, 0.5) is 4.79 Å². The predicted molar refractivity (Wildman–Crippen MR) is 88.1 cm³/mol. The van der Waals surface area contributed by atoms with Crippen molar-refractivity contribution in [1.82, 2.24) is 25.2 Å². The van der Waals surface area contributed by atoms with Crippen LogP contribution in [-0.4, -0.2) is 32.5 Å². The molecule has 1 atom stereocenters. The van der Waals surface area contributed by atoms with Gasteiger partial charge in [-0.05, 0) is 31.4 Å². The van der Waals surface area contributed by atoms with Crippen molar-refractivity contribution in [2.45, 2.75) is 38.9 Å². The molecule has 1 aromatic carbocycles. The number of carbonyl (C=O) groups excluding carboxylic acids is 1. The highest BCUT2D eigenvalue weighted by Crippen LogP contribution is 2.35. The first kappa shape index (κ1) is 15.8. The largest absolute Gasteiger partial charge is 0.332 e. The van der Waals surface area contributed by atoms with E-state index in [-0.39, 0.29) is 12.1 Å². The lowest BCUT2D eigenvalue weighted by Gasteiger charge is -2.25. The lowest BCUT2D eigenvalue weighted by molar-refractivity contribution is 0.192. The molecule has 1 fully saturated rings. The minimum Gasteiger partial charge on any atom is -0.332 e. The molecule has 0 bridgehead atoms. The van der Waals surface area contributed by atoms with E-state index in [9.17, 15) is 4.79 Å². The number of hydrogen-bond acceptors (Lipinski definition) is 3. The fraction of sp³-hybridized carbons (Fsp3) is 0.438. The number of rotatable bonds is 4. The van der Waals surface area contributed by atoms with E-state index < -0.39 is 0 Å². The zero-order valence-corrected chi connectivity index (χ0v) is 13.8. The molecule has 0 spiro atoms. The zero-order chi connectivity index (χ0) is 16.2. The van der Waals surface area contributed by atoms with Crippen molar-refractivity contribution in [2.24, 2.45) is 0 Å². The topological polar surface area (TPSA) is 63.1 Å². The third kappa shape index (κ3) is 3.47. The van der Waals surface area contributed by atoms with Crippen LogP contribution in [0.3, 0.4) is 0 Å². The van der Waals surface area contributed by atoms with E-state index in [2.05, 4.69) is 15.6 Å². The van der Waals surface area contributed by atoms with Gasteiger partial charge in [0, 0.05) is 18.1 Å². The minimum atomic E-state index is -0.0848. The second-order valence-corrected chi connectivity index (χ2v) is 6.00. The van der Waals surface area contributed by atoms with Gasteiger partial charge in [0.05, 0.1) is 18.8 Å². The molecule has 2 aromatic rings. The summed E-state index contributed by atoms with van der Waals surface area (Å²) in [6.07, 6.45) is 3.76. The molecule has 6 nitrogen and oxygen atoms in total. The third-order valence-electron chi connectivity index (χ3n) is 4.11. The number of hydrogen-bond donors (Lipinski definition) is 1. The van der Waals surface area contributed by atoms with Crippen molar-refractivity contribution in [3.63, 3.8) is 0 Å². The maximum atomic E-state index is 12.5. The van der Waals surface area contributed by atoms with Crippen LogP contribution in [0.5, 0.6) is 0 Å². The molecule has 1 saturated heterocycles. The first-order valence-corrected chi connectivity index (χ1v) is 8.24. The van der Waals surface area contributed by atoms with E-state index in [4.69, 9.17) is 11.6 Å². The molecule has 1 aliphatic heterocycles. The van der Waals surface area contributed by atoms with Crippen molar-refractivity contribution in [1.29, 1.82) is 0 Å². The van der Waals surface area contributed by atoms with Gasteiger partial charge in [0.1, 0.15) is 5.69 Å². The average Bonchev–Trinajstić information content (AvgIpc) is 3.22. The van der Waals surface area contributed by atoms with Crippen molar-refractivity contribution in [3.05, 3.63) is 46.7 Å². The van der Waals surface area contributed by atoms with Gasteiger partial charge in [-0.1, -0.05) is 35.0 Å². The van der Waals surface area contributed by atoms with E-state index in [1.807, 2.05) is 42.3 Å². The Balaban J connectivity index is 1.65. The summed E-state index contributed by atoms with van der Waals surface area (Å²) < 4.78 is 1.74. The summed E-state index contributed by atoms with van der Waals surface area (Å²) in [6.45, 7) is 3.88. The zero-order valence-electron chi connectivity index (χ0n) is 13.1. The Morgan fingerprint density at radius 3 is 3.00 bits per heavy atom. The number of nitrogens with one attached hydrogen (secondary N) is 1. The molecule has 2 heterocycles. The van der Waals surface area contributed by atoms with Gasteiger partial charge < -0.3 is 10.2 Å². The lowest BCUT2D eigenvalue weighted by Crippen LogP contribution is -2.39. The van der Waals surface area contributed by atoms with Gasteiger partial charge in [-0.25, -0.2) is 4.79 Å². The maximum absolute atomic E-state index is 12.5. The number of amides is 2. The van der Waals surface area contributed by atoms with E-state index in [1.165, 1.54) is 0 Å². The average molecular weight is 334 g/mol. The van der Waals surface area contributed by atoms with Crippen LogP contribution in [-0.2, 0) is 13.1 Å². The number of halogens is 1. The van der Waals surface area contributed by atoms with Crippen LogP contribution in [0.2, 0.25) is 5.02 Å². The smallest absolute Gasteiger partial charge is 0.318 e. The van der Waals surface area contributed by atoms with Crippen molar-refractivity contribution in [2.75, 3.05) is 6.54 Å². The molecule has 2 amide bonds. The van der Waals surface area contributed by atoms with Crippen LogP contribution in [0.15, 0.2) is 30.5 Å². The summed E-state index contributed by atoms with van der Waals surface area (Å²) in [5.41, 5.74) is 1.77. The molecule has 0 saturated carbocycles. The molecule has 1 aromatic heterocycles. The SMILES string of the molecule is CCn1cc(CNC(=O)N2CCCC2c2ccccc2Cl)nn1. The third-order valence-corrected chi connectivity index (χ3v) is 4.45. The van der Waals surface area contributed by atoms with Crippen LogP contribution in [0.1, 0.15) is 37.1 Å². The first-order chi connectivity index (χ1) is 11.2. The molecule has 0 aliphatic carbocycles. The second kappa shape index (κ2) is 7.00. The van der Waals surface area contributed by atoms with E-state index in [1.54, 1.807) is 4.68 Å². The molecule has 7 heteroatoms. The Morgan fingerprint density at radius 1 is 1.43 bits per heavy atom. The quantitative estimate of drug-likeness (QED) is 0.935. The number of aryl methyl sites for hydroxylation is 1. The first-order valence-electron chi connectivity index (χ1n) is 7.87. The van der Waals surface area contributed by atoms with Crippen molar-refractivity contribution < 1.29 is 4.79 Å². The van der Waals surface area contributed by atoms with Gasteiger partial charge >= 0.3 is 6.03 Å². The Labute approximate surface area is 140 Å².